The minimum absolute atomic E-state index is 0.00806. The van der Waals surface area contributed by atoms with E-state index < -0.39 is 12.1 Å². The number of nitrogens with zero attached hydrogens (tertiary/aromatic N) is 4. The molecule has 32 heavy (non-hydrogen) atoms. The second kappa shape index (κ2) is 10.7. The topological polar surface area (TPSA) is 83.8 Å². The highest BCUT2D eigenvalue weighted by atomic mass is 16.6. The van der Waals surface area contributed by atoms with Gasteiger partial charge in [-0.3, -0.25) is 9.91 Å². The van der Waals surface area contributed by atoms with Crippen LogP contribution in [-0.2, 0) is 20.9 Å². The van der Waals surface area contributed by atoms with Gasteiger partial charge in [0.2, 0.25) is 0 Å². The van der Waals surface area contributed by atoms with Crippen molar-refractivity contribution in [3.05, 3.63) is 66.2 Å². The van der Waals surface area contributed by atoms with Crippen molar-refractivity contribution in [2.45, 2.75) is 44.4 Å². The molecule has 1 amide bonds. The van der Waals surface area contributed by atoms with E-state index in [-0.39, 0.29) is 25.2 Å². The van der Waals surface area contributed by atoms with Crippen molar-refractivity contribution >= 4 is 17.7 Å². The van der Waals surface area contributed by atoms with Crippen molar-refractivity contribution in [3.8, 4) is 0 Å². The summed E-state index contributed by atoms with van der Waals surface area (Å²) in [4.78, 5) is 26.7. The maximum absolute atomic E-state index is 12.7. The molecule has 0 N–H and O–H groups in total. The first-order chi connectivity index (χ1) is 15.7. The van der Waals surface area contributed by atoms with Crippen molar-refractivity contribution < 1.29 is 19.1 Å². The van der Waals surface area contributed by atoms with Crippen molar-refractivity contribution in [2.75, 3.05) is 19.7 Å². The Kier molecular flexibility index (Phi) is 7.32. The van der Waals surface area contributed by atoms with E-state index in [1.807, 2.05) is 65.7 Å². The summed E-state index contributed by atoms with van der Waals surface area (Å²) in [5.41, 5.74) is 1.69. The highest BCUT2D eigenvalue weighted by Gasteiger charge is 2.37. The summed E-state index contributed by atoms with van der Waals surface area (Å²) in [7, 11) is 0. The zero-order valence-corrected chi connectivity index (χ0v) is 18.0. The molecule has 0 saturated carbocycles. The van der Waals surface area contributed by atoms with Gasteiger partial charge in [0, 0.05) is 13.1 Å². The molecule has 2 aromatic carbocycles. The number of likely N-dealkylation sites (tertiary alicyclic amines) is 1. The van der Waals surface area contributed by atoms with Gasteiger partial charge in [0.25, 0.3) is 0 Å². The van der Waals surface area contributed by atoms with Crippen LogP contribution in [0.5, 0.6) is 0 Å². The van der Waals surface area contributed by atoms with Crippen molar-refractivity contribution in [1.82, 2.24) is 9.91 Å². The monoisotopic (exact) mass is 436 g/mol. The summed E-state index contributed by atoms with van der Waals surface area (Å²) in [5.74, 6) is -0.383. The first kappa shape index (κ1) is 21.8. The van der Waals surface area contributed by atoms with Crippen LogP contribution in [0.1, 0.15) is 31.2 Å². The standard InChI is InChI=1S/C24H28N4O4/c29-23(22-14-8-15-27(22)24(30)32-17-19-9-3-1-4-10-19)31-18-21-13-7-16-28(21)26-25-20-11-5-2-6-12-20/h1-6,9-12,21-22H,7-8,13-18H2/t21-,22-/m0/s1. The van der Waals surface area contributed by atoms with Gasteiger partial charge in [0.05, 0.1) is 11.7 Å². The molecule has 0 bridgehead atoms. The SMILES string of the molecule is O=C(OC[C@@H]1CCCN1N=Nc1ccccc1)[C@@H]1CCCN1C(=O)OCc1ccccc1. The average Bonchev–Trinajstić information content (AvgIpc) is 3.51. The Morgan fingerprint density at radius 2 is 1.62 bits per heavy atom. The van der Waals surface area contributed by atoms with Crippen molar-refractivity contribution in [3.63, 3.8) is 0 Å². The van der Waals surface area contributed by atoms with Gasteiger partial charge in [-0.2, -0.15) is 0 Å². The van der Waals surface area contributed by atoms with Crippen LogP contribution in [0.25, 0.3) is 0 Å². The third-order valence-electron chi connectivity index (χ3n) is 5.76. The van der Waals surface area contributed by atoms with Crippen LogP contribution in [0.15, 0.2) is 71.0 Å². The van der Waals surface area contributed by atoms with Crippen LogP contribution >= 0.6 is 0 Å². The summed E-state index contributed by atoms with van der Waals surface area (Å²) in [5, 5.41) is 10.5. The number of esters is 1. The van der Waals surface area contributed by atoms with E-state index in [0.29, 0.717) is 13.0 Å². The highest BCUT2D eigenvalue weighted by Crippen LogP contribution is 2.23. The predicted molar refractivity (Wildman–Crippen MR) is 118 cm³/mol. The number of hydrogen-bond donors (Lipinski definition) is 0. The quantitative estimate of drug-likeness (QED) is 0.472. The van der Waals surface area contributed by atoms with E-state index in [1.54, 1.807) is 0 Å². The van der Waals surface area contributed by atoms with Gasteiger partial charge in [0.15, 0.2) is 0 Å². The molecule has 2 fully saturated rings. The predicted octanol–water partition coefficient (Wildman–Crippen LogP) is 4.49. The molecule has 8 nitrogen and oxygen atoms in total. The van der Waals surface area contributed by atoms with Crippen LogP contribution in [0.3, 0.4) is 0 Å². The summed E-state index contributed by atoms with van der Waals surface area (Å²) < 4.78 is 11.0. The van der Waals surface area contributed by atoms with E-state index in [2.05, 4.69) is 10.3 Å². The largest absolute Gasteiger partial charge is 0.462 e. The molecule has 2 atom stereocenters. The summed E-state index contributed by atoms with van der Waals surface area (Å²) in [6, 6.07) is 18.4. The van der Waals surface area contributed by atoms with E-state index in [1.165, 1.54) is 4.90 Å². The number of hydrogen-bond acceptors (Lipinski definition) is 6. The first-order valence-corrected chi connectivity index (χ1v) is 11.1. The van der Waals surface area contributed by atoms with Crippen LogP contribution < -0.4 is 0 Å². The molecular weight excluding hydrogens is 408 g/mol. The second-order valence-corrected chi connectivity index (χ2v) is 8.01. The minimum Gasteiger partial charge on any atom is -0.462 e. The van der Waals surface area contributed by atoms with Crippen molar-refractivity contribution in [2.24, 2.45) is 10.3 Å². The minimum atomic E-state index is -0.598. The van der Waals surface area contributed by atoms with Gasteiger partial charge >= 0.3 is 12.1 Å². The maximum Gasteiger partial charge on any atom is 0.410 e. The summed E-state index contributed by atoms with van der Waals surface area (Å²) in [6.45, 7) is 1.69. The Morgan fingerprint density at radius 1 is 0.906 bits per heavy atom. The molecule has 0 aromatic heterocycles. The fourth-order valence-corrected chi connectivity index (χ4v) is 4.02. The van der Waals surface area contributed by atoms with Gasteiger partial charge in [-0.15, -0.1) is 5.11 Å². The van der Waals surface area contributed by atoms with Gasteiger partial charge < -0.3 is 9.47 Å². The van der Waals surface area contributed by atoms with Crippen LogP contribution in [0.2, 0.25) is 0 Å². The first-order valence-electron chi connectivity index (χ1n) is 11.1. The summed E-state index contributed by atoms with van der Waals surface area (Å²) in [6.07, 6.45) is 2.71. The second-order valence-electron chi connectivity index (χ2n) is 8.01. The lowest BCUT2D eigenvalue weighted by atomic mass is 10.2. The third kappa shape index (κ3) is 5.63. The number of carbonyl (C=O) groups excluding carboxylic acids is 2. The molecule has 2 aliphatic heterocycles. The fourth-order valence-electron chi connectivity index (χ4n) is 4.02. The number of amides is 1. The lowest BCUT2D eigenvalue weighted by molar-refractivity contribution is -0.150. The molecule has 2 saturated heterocycles. The zero-order valence-electron chi connectivity index (χ0n) is 18.0. The lowest BCUT2D eigenvalue weighted by Crippen LogP contribution is -2.42. The Labute approximate surface area is 187 Å². The molecule has 0 spiro atoms. The highest BCUT2D eigenvalue weighted by molar-refractivity contribution is 5.82. The molecule has 0 aliphatic carbocycles. The van der Waals surface area contributed by atoms with Gasteiger partial charge in [-0.1, -0.05) is 53.8 Å². The fraction of sp³-hybridized carbons (Fsp3) is 0.417. The Morgan fingerprint density at radius 3 is 2.41 bits per heavy atom. The van der Waals surface area contributed by atoms with E-state index in [0.717, 1.165) is 37.1 Å². The lowest BCUT2D eigenvalue weighted by Gasteiger charge is -2.24. The third-order valence-corrected chi connectivity index (χ3v) is 5.76. The van der Waals surface area contributed by atoms with E-state index >= 15 is 0 Å². The molecule has 168 valence electrons. The molecular formula is C24H28N4O4. The van der Waals surface area contributed by atoms with Crippen molar-refractivity contribution in [1.29, 1.82) is 0 Å². The molecule has 8 heteroatoms. The Hall–Kier alpha value is -3.42. The normalized spacial score (nSPS) is 20.6. The smallest absolute Gasteiger partial charge is 0.410 e. The molecule has 4 rings (SSSR count). The molecule has 0 radical (unpaired) electrons. The average molecular weight is 437 g/mol. The zero-order chi connectivity index (χ0) is 22.2. The van der Waals surface area contributed by atoms with Crippen LogP contribution in [0.4, 0.5) is 10.5 Å². The van der Waals surface area contributed by atoms with Crippen LogP contribution in [0, 0.1) is 0 Å². The molecule has 2 aliphatic rings. The van der Waals surface area contributed by atoms with Gasteiger partial charge in [-0.25, -0.2) is 9.59 Å². The molecule has 0 unspecified atom stereocenters. The van der Waals surface area contributed by atoms with Gasteiger partial charge in [0.1, 0.15) is 19.3 Å². The molecule has 2 aromatic rings. The van der Waals surface area contributed by atoms with Crippen LogP contribution in [-0.4, -0.2) is 53.8 Å². The van der Waals surface area contributed by atoms with E-state index in [4.69, 9.17) is 9.47 Å². The Bertz CT molecular complexity index is 922. The van der Waals surface area contributed by atoms with E-state index in [9.17, 15) is 9.59 Å². The number of carbonyl (C=O) groups is 2. The van der Waals surface area contributed by atoms with Gasteiger partial charge in [-0.05, 0) is 43.4 Å². The number of benzene rings is 2. The number of rotatable bonds is 7. The summed E-state index contributed by atoms with van der Waals surface area (Å²) >= 11 is 0. The molecule has 2 heterocycles. The number of ether oxygens (including phenoxy) is 2. The Balaban J connectivity index is 1.27. The maximum atomic E-state index is 12.7.